The third-order valence-corrected chi connectivity index (χ3v) is 11.9. The van der Waals surface area contributed by atoms with E-state index in [1.807, 2.05) is 33.3 Å². The van der Waals surface area contributed by atoms with E-state index < -0.39 is 32.5 Å². The van der Waals surface area contributed by atoms with Crippen LogP contribution in [0.2, 0.25) is 0 Å². The van der Waals surface area contributed by atoms with Gasteiger partial charge < -0.3 is 33.0 Å². The molecule has 1 N–H and O–H groups in total. The second kappa shape index (κ2) is 43.8. The highest BCUT2D eigenvalue weighted by Gasteiger charge is 2.21. The fraction of sp³-hybridized carbons (Fsp3) is 0.808. The van der Waals surface area contributed by atoms with Gasteiger partial charge in [-0.25, -0.2) is 0 Å². The molecule has 3 atom stereocenters. The van der Waals surface area contributed by atoms with Crippen LogP contribution in [0, 0.1) is 0 Å². The van der Waals surface area contributed by atoms with E-state index >= 15 is 0 Å². The van der Waals surface area contributed by atoms with Crippen molar-refractivity contribution in [2.75, 3.05) is 47.5 Å². The van der Waals surface area contributed by atoms with Crippen LogP contribution in [0.4, 0.5) is 0 Å². The average molecular weight is 910 g/mol. The molecule has 0 aromatic rings. The van der Waals surface area contributed by atoms with Crippen molar-refractivity contribution in [1.29, 1.82) is 0 Å². The molecule has 0 aromatic heterocycles. The predicted molar refractivity (Wildman–Crippen MR) is 260 cm³/mol. The molecule has 0 aliphatic rings. The number of aliphatic hydroxyl groups excluding tert-OH is 1. The second-order valence-electron chi connectivity index (χ2n) is 18.4. The molecule has 0 heterocycles. The number of phosphoric acid groups is 1. The first kappa shape index (κ1) is 60.9. The number of carbonyl (C=O) groups is 2. The first-order valence-corrected chi connectivity index (χ1v) is 26.9. The fourth-order valence-electron chi connectivity index (χ4n) is 6.96. The zero-order chi connectivity index (χ0) is 46.5. The molecule has 0 radical (unpaired) electrons. The highest BCUT2D eigenvalue weighted by molar-refractivity contribution is 7.45. The number of hydrogen-bond donors (Lipinski definition) is 1. The van der Waals surface area contributed by atoms with Crippen molar-refractivity contribution in [1.82, 2.24) is 0 Å². The van der Waals surface area contributed by atoms with Crippen molar-refractivity contribution in [3.8, 4) is 0 Å². The van der Waals surface area contributed by atoms with E-state index in [1.54, 1.807) is 0 Å². The Morgan fingerprint density at radius 3 is 1.49 bits per heavy atom. The zero-order valence-corrected chi connectivity index (χ0v) is 42.0. The largest absolute Gasteiger partial charge is 0.756 e. The van der Waals surface area contributed by atoms with E-state index in [9.17, 15) is 24.2 Å². The van der Waals surface area contributed by atoms with E-state index in [0.29, 0.717) is 36.7 Å². The van der Waals surface area contributed by atoms with Gasteiger partial charge in [-0.2, -0.15) is 0 Å². The molecule has 0 aliphatic carbocycles. The number of likely N-dealkylation sites (N-methyl/N-ethyl adjacent to an activating group) is 1. The van der Waals surface area contributed by atoms with E-state index in [0.717, 1.165) is 51.4 Å². The van der Waals surface area contributed by atoms with Gasteiger partial charge in [0, 0.05) is 12.8 Å². The summed E-state index contributed by atoms with van der Waals surface area (Å²) in [7, 11) is 1.12. The standard InChI is InChI=1S/C52H96NO9P/c1-6-8-9-10-11-12-13-14-15-16-17-18-19-20-21-24-28-31-34-37-40-44-52(56)62-50(48-61-63(57,58)60-46-45-53(3,4)5)47-59-51(55)43-39-36-33-30-27-25-22-23-26-29-32-35-38-42-49(54)41-7-2/h22,25-26,29-30,33,35,38,49-50,54H,6-21,23-24,27-28,31-32,34,36-37,39-48H2,1-5H3/b25-22-,29-26-,33-30-,38-35-/t49?,50-/m1/s1. The minimum Gasteiger partial charge on any atom is -0.756 e. The molecule has 0 rings (SSSR count). The smallest absolute Gasteiger partial charge is 0.306 e. The second-order valence-corrected chi connectivity index (χ2v) is 19.8. The number of esters is 2. The van der Waals surface area contributed by atoms with E-state index in [4.69, 9.17) is 18.5 Å². The van der Waals surface area contributed by atoms with Crippen molar-refractivity contribution in [3.63, 3.8) is 0 Å². The summed E-state index contributed by atoms with van der Waals surface area (Å²) in [6.07, 6.45) is 49.3. The van der Waals surface area contributed by atoms with Crippen LogP contribution in [-0.2, 0) is 32.7 Å². The van der Waals surface area contributed by atoms with Crippen LogP contribution in [0.15, 0.2) is 48.6 Å². The van der Waals surface area contributed by atoms with Crippen molar-refractivity contribution in [3.05, 3.63) is 48.6 Å². The molecular formula is C52H96NO9P. The van der Waals surface area contributed by atoms with Gasteiger partial charge in [-0.3, -0.25) is 14.2 Å². The van der Waals surface area contributed by atoms with Gasteiger partial charge in [0.2, 0.25) is 0 Å². The van der Waals surface area contributed by atoms with Crippen LogP contribution in [0.5, 0.6) is 0 Å². The molecule has 2 unspecified atom stereocenters. The summed E-state index contributed by atoms with van der Waals surface area (Å²) in [5, 5.41) is 9.75. The molecule has 0 aliphatic heterocycles. The van der Waals surface area contributed by atoms with Gasteiger partial charge in [-0.1, -0.05) is 197 Å². The fourth-order valence-corrected chi connectivity index (χ4v) is 7.69. The van der Waals surface area contributed by atoms with Crippen molar-refractivity contribution in [2.24, 2.45) is 0 Å². The maximum Gasteiger partial charge on any atom is 0.306 e. The third-order valence-electron chi connectivity index (χ3n) is 10.9. The van der Waals surface area contributed by atoms with Gasteiger partial charge in [0.1, 0.15) is 19.8 Å². The number of ether oxygens (including phenoxy) is 2. The maximum atomic E-state index is 12.7. The van der Waals surface area contributed by atoms with Crippen molar-refractivity contribution < 1.29 is 47.2 Å². The summed E-state index contributed by atoms with van der Waals surface area (Å²) in [5.41, 5.74) is 0. The molecular weight excluding hydrogens is 814 g/mol. The normalized spacial score (nSPS) is 14.3. The summed E-state index contributed by atoms with van der Waals surface area (Å²) in [4.78, 5) is 37.7. The first-order valence-electron chi connectivity index (χ1n) is 25.4. The molecule has 0 aromatic carbocycles. The number of hydrogen-bond acceptors (Lipinski definition) is 9. The summed E-state index contributed by atoms with van der Waals surface area (Å²) in [6, 6.07) is 0. The molecule has 11 heteroatoms. The summed E-state index contributed by atoms with van der Waals surface area (Å²) >= 11 is 0. The summed E-state index contributed by atoms with van der Waals surface area (Å²) < 4.78 is 33.9. The van der Waals surface area contributed by atoms with Crippen molar-refractivity contribution >= 4 is 19.8 Å². The van der Waals surface area contributed by atoms with Gasteiger partial charge in [0.25, 0.3) is 7.82 Å². The number of carbonyl (C=O) groups excluding carboxylic acids is 2. The van der Waals surface area contributed by atoms with Gasteiger partial charge in [0.15, 0.2) is 6.10 Å². The number of nitrogens with zero attached hydrogens (tertiary/aromatic N) is 1. The third kappa shape index (κ3) is 47.7. The highest BCUT2D eigenvalue weighted by Crippen LogP contribution is 2.38. The topological polar surface area (TPSA) is 131 Å². The predicted octanol–water partition coefficient (Wildman–Crippen LogP) is 13.4. The first-order chi connectivity index (χ1) is 30.4. The Bertz CT molecular complexity index is 1230. The molecule has 0 saturated heterocycles. The van der Waals surface area contributed by atoms with Gasteiger partial charge in [-0.05, 0) is 51.4 Å². The maximum absolute atomic E-state index is 12.7. The molecule has 10 nitrogen and oxygen atoms in total. The summed E-state index contributed by atoms with van der Waals surface area (Å²) in [5.74, 6) is -0.914. The lowest BCUT2D eigenvalue weighted by atomic mass is 10.0. The van der Waals surface area contributed by atoms with E-state index in [-0.39, 0.29) is 32.2 Å². The lowest BCUT2D eigenvalue weighted by molar-refractivity contribution is -0.870. The Morgan fingerprint density at radius 1 is 0.571 bits per heavy atom. The molecule has 0 bridgehead atoms. The molecule has 0 spiro atoms. The number of quaternary nitrogens is 1. The molecule has 368 valence electrons. The zero-order valence-electron chi connectivity index (χ0n) is 41.1. The van der Waals surface area contributed by atoms with Crippen LogP contribution >= 0.6 is 7.82 Å². The van der Waals surface area contributed by atoms with Crippen molar-refractivity contribution in [2.45, 2.75) is 225 Å². The Labute approximate surface area is 386 Å². The Hall–Kier alpha value is -2.07. The Balaban J connectivity index is 4.33. The monoisotopic (exact) mass is 910 g/mol. The number of unbranched alkanes of at least 4 members (excludes halogenated alkanes) is 21. The average Bonchev–Trinajstić information content (AvgIpc) is 3.23. The van der Waals surface area contributed by atoms with Gasteiger partial charge in [0.05, 0.1) is 33.9 Å². The summed E-state index contributed by atoms with van der Waals surface area (Å²) in [6.45, 7) is 3.98. The number of rotatable bonds is 46. The minimum absolute atomic E-state index is 0.0454. The van der Waals surface area contributed by atoms with E-state index in [2.05, 4.69) is 50.3 Å². The molecule has 63 heavy (non-hydrogen) atoms. The molecule has 0 fully saturated rings. The highest BCUT2D eigenvalue weighted by atomic mass is 31.2. The number of aliphatic hydroxyl groups is 1. The number of phosphoric ester groups is 1. The minimum atomic E-state index is -4.65. The Morgan fingerprint density at radius 2 is 1.02 bits per heavy atom. The van der Waals surface area contributed by atoms with Crippen LogP contribution in [0.3, 0.4) is 0 Å². The quantitative estimate of drug-likeness (QED) is 0.0208. The van der Waals surface area contributed by atoms with E-state index in [1.165, 1.54) is 109 Å². The van der Waals surface area contributed by atoms with Crippen LogP contribution in [0.1, 0.15) is 213 Å². The van der Waals surface area contributed by atoms with Crippen LogP contribution in [0.25, 0.3) is 0 Å². The van der Waals surface area contributed by atoms with Gasteiger partial charge >= 0.3 is 11.9 Å². The van der Waals surface area contributed by atoms with Crippen LogP contribution < -0.4 is 4.89 Å². The molecule has 0 amide bonds. The van der Waals surface area contributed by atoms with Crippen LogP contribution in [-0.4, -0.2) is 81.2 Å². The Kier molecular flexibility index (Phi) is 42.4. The molecule has 0 saturated carbocycles. The lowest BCUT2D eigenvalue weighted by Gasteiger charge is -2.28. The van der Waals surface area contributed by atoms with Gasteiger partial charge in [-0.15, -0.1) is 0 Å². The SMILES string of the molecule is CCCCCCCCCCCCCCCCCCCCCCCC(=O)O[C@H](COC(=O)CCC/C=C\C/C=C\C/C=C\C/C=C\CC(O)CCC)COP(=O)([O-])OCC[N+](C)(C)C. The number of allylic oxidation sites excluding steroid dienone is 7. The lowest BCUT2D eigenvalue weighted by Crippen LogP contribution is -2.37.